The van der Waals surface area contributed by atoms with Crippen LogP contribution in [0.1, 0.15) is 30.0 Å². The molecule has 0 unspecified atom stereocenters. The molecule has 0 atom stereocenters. The molecule has 0 saturated carbocycles. The van der Waals surface area contributed by atoms with Crippen LogP contribution in [0.4, 0.5) is 0 Å². The van der Waals surface area contributed by atoms with E-state index in [1.807, 2.05) is 30.5 Å². The minimum Gasteiger partial charge on any atom is -0.299 e. The zero-order chi connectivity index (χ0) is 24.1. The summed E-state index contributed by atoms with van der Waals surface area (Å²) in [5.74, 6) is 6.20. The van der Waals surface area contributed by atoms with Gasteiger partial charge >= 0.3 is 0 Å². The van der Waals surface area contributed by atoms with Crippen molar-refractivity contribution in [3.63, 3.8) is 0 Å². The summed E-state index contributed by atoms with van der Waals surface area (Å²) in [4.78, 5) is 15.3. The number of benzene rings is 2. The van der Waals surface area contributed by atoms with Gasteiger partial charge in [0.15, 0.2) is 12.7 Å². The summed E-state index contributed by atoms with van der Waals surface area (Å²) < 4.78 is 6.74. The maximum atomic E-state index is 13.4. The lowest BCUT2D eigenvalue weighted by Crippen LogP contribution is -2.36. The molecule has 0 aliphatic rings. The molecular weight excluding hydrogens is 544 g/mol. The Labute approximate surface area is 220 Å². The Kier molecular flexibility index (Phi) is 8.28. The van der Waals surface area contributed by atoms with Crippen LogP contribution in [-0.2, 0) is 13.1 Å². The molecule has 0 bridgehead atoms. The minimum absolute atomic E-state index is 0.0185. The van der Waals surface area contributed by atoms with Crippen molar-refractivity contribution < 1.29 is 4.57 Å². The number of hydrogen-bond donors (Lipinski definition) is 0. The van der Waals surface area contributed by atoms with E-state index < -0.39 is 0 Å². The van der Waals surface area contributed by atoms with Crippen molar-refractivity contribution in [2.45, 2.75) is 38.8 Å². The molecule has 2 aromatic carbocycles. The van der Waals surface area contributed by atoms with Gasteiger partial charge in [-0.15, -0.1) is 17.3 Å². The molecule has 0 saturated heterocycles. The highest BCUT2D eigenvalue weighted by atomic mass is 79.9. The van der Waals surface area contributed by atoms with Crippen LogP contribution in [-0.4, -0.2) is 4.57 Å². The second kappa shape index (κ2) is 11.4. The van der Waals surface area contributed by atoms with E-state index in [2.05, 4.69) is 93.3 Å². The number of thioether (sulfide) groups is 1. The van der Waals surface area contributed by atoms with E-state index in [-0.39, 0.29) is 5.56 Å². The zero-order valence-corrected chi connectivity index (χ0v) is 23.2. The summed E-state index contributed by atoms with van der Waals surface area (Å²) in [6, 6.07) is 16.6. The van der Waals surface area contributed by atoms with Crippen LogP contribution in [0.3, 0.4) is 0 Å². The first-order chi connectivity index (χ1) is 16.5. The Balaban J connectivity index is 1.83. The van der Waals surface area contributed by atoms with E-state index in [9.17, 15) is 4.79 Å². The number of thiazole rings is 2. The maximum Gasteiger partial charge on any atom is 0.270 e. The van der Waals surface area contributed by atoms with Crippen molar-refractivity contribution in [1.82, 2.24) is 4.57 Å². The van der Waals surface area contributed by atoms with Crippen LogP contribution in [0.5, 0.6) is 0 Å². The van der Waals surface area contributed by atoms with Gasteiger partial charge in [-0.1, -0.05) is 75.3 Å². The summed E-state index contributed by atoms with van der Waals surface area (Å²) in [6.07, 6.45) is 4.22. The van der Waals surface area contributed by atoms with Crippen molar-refractivity contribution in [1.29, 1.82) is 0 Å². The summed E-state index contributed by atoms with van der Waals surface area (Å²) in [5.41, 5.74) is 2.41. The summed E-state index contributed by atoms with van der Waals surface area (Å²) >= 11 is 8.29. The fourth-order valence-electron chi connectivity index (χ4n) is 3.50. The molecule has 172 valence electrons. The van der Waals surface area contributed by atoms with Gasteiger partial charge in [-0.25, -0.2) is 0 Å². The number of rotatable bonds is 6. The molecular formula is C27H24BrN2OS3+. The maximum absolute atomic E-state index is 13.4. The molecule has 7 heteroatoms. The average Bonchev–Trinajstić information content (AvgIpc) is 3.39. The lowest BCUT2D eigenvalue weighted by Gasteiger charge is -2.04. The highest BCUT2D eigenvalue weighted by molar-refractivity contribution is 9.10. The van der Waals surface area contributed by atoms with E-state index in [0.717, 1.165) is 36.1 Å². The SMILES string of the molecule is CC#C/C(Sc1ccc(Br)cc1C)=c1\s/c(=C\c2scc[n+]2Cc2ccccc2)n(CC)c1=O. The van der Waals surface area contributed by atoms with E-state index in [4.69, 9.17) is 0 Å². The zero-order valence-electron chi connectivity index (χ0n) is 19.2. The number of nitrogens with zero attached hydrogens (tertiary/aromatic N) is 2. The van der Waals surface area contributed by atoms with Crippen molar-refractivity contribution in [3.8, 4) is 11.8 Å². The van der Waals surface area contributed by atoms with Crippen LogP contribution in [0.15, 0.2) is 74.3 Å². The predicted molar refractivity (Wildman–Crippen MR) is 149 cm³/mol. The van der Waals surface area contributed by atoms with Gasteiger partial charge in [0.25, 0.3) is 10.6 Å². The fourth-order valence-corrected chi connectivity index (χ4v) is 7.04. The number of aryl methyl sites for hydroxylation is 1. The molecule has 4 rings (SSSR count). The highest BCUT2D eigenvalue weighted by Crippen LogP contribution is 2.31. The van der Waals surface area contributed by atoms with E-state index in [1.165, 1.54) is 16.9 Å². The van der Waals surface area contributed by atoms with Crippen molar-refractivity contribution >= 4 is 61.3 Å². The standard InChI is InChI=1S/C27H24BrN2OS3/c1-4-9-23(33-22-13-12-21(28)16-19(22)3)26-27(31)30(5-2)25(34-26)17-24-29(14-15-32-24)18-20-10-7-6-8-11-20/h6-8,10-17H,5,18H2,1-3H3/q+1/b26-23+. The molecule has 0 aliphatic carbocycles. The average molecular weight is 569 g/mol. The van der Waals surface area contributed by atoms with Gasteiger partial charge in [-0.3, -0.25) is 9.36 Å². The van der Waals surface area contributed by atoms with Gasteiger partial charge < -0.3 is 0 Å². The Morgan fingerprint density at radius 1 is 1.24 bits per heavy atom. The third-order valence-corrected chi connectivity index (χ3v) is 8.97. The number of aromatic nitrogens is 2. The first kappa shape index (κ1) is 24.7. The molecule has 34 heavy (non-hydrogen) atoms. The van der Waals surface area contributed by atoms with Gasteiger partial charge in [-0.2, -0.15) is 4.57 Å². The second-order valence-electron chi connectivity index (χ2n) is 7.53. The van der Waals surface area contributed by atoms with Crippen molar-refractivity contribution in [2.24, 2.45) is 0 Å². The van der Waals surface area contributed by atoms with E-state index in [0.29, 0.717) is 11.1 Å². The molecule has 0 aliphatic heterocycles. The quantitative estimate of drug-likeness (QED) is 0.183. The lowest BCUT2D eigenvalue weighted by molar-refractivity contribution is -0.685. The molecule has 0 spiro atoms. The first-order valence-electron chi connectivity index (χ1n) is 10.8. The predicted octanol–water partition coefficient (Wildman–Crippen LogP) is 5.15. The third-order valence-electron chi connectivity index (χ3n) is 5.18. The smallest absolute Gasteiger partial charge is 0.270 e. The summed E-state index contributed by atoms with van der Waals surface area (Å²) in [6.45, 7) is 7.30. The third kappa shape index (κ3) is 5.64. The van der Waals surface area contributed by atoms with Crippen LogP contribution in [0.25, 0.3) is 11.0 Å². The summed E-state index contributed by atoms with van der Waals surface area (Å²) in [7, 11) is 0. The van der Waals surface area contributed by atoms with Crippen LogP contribution < -0.4 is 19.3 Å². The minimum atomic E-state index is 0.0185. The van der Waals surface area contributed by atoms with Crippen LogP contribution in [0, 0.1) is 18.8 Å². The largest absolute Gasteiger partial charge is 0.299 e. The first-order valence-corrected chi connectivity index (χ1v) is 14.1. The van der Waals surface area contributed by atoms with Crippen LogP contribution >= 0.6 is 50.4 Å². The molecule has 0 amide bonds. The molecule has 4 aromatic rings. The second-order valence-corrected chi connectivity index (χ2v) is 11.5. The molecule has 0 N–H and O–H groups in total. The Morgan fingerprint density at radius 3 is 2.74 bits per heavy atom. The van der Waals surface area contributed by atoms with Crippen molar-refractivity contribution in [2.75, 3.05) is 0 Å². The van der Waals surface area contributed by atoms with Gasteiger partial charge in [0, 0.05) is 21.5 Å². The molecule has 0 fully saturated rings. The monoisotopic (exact) mass is 567 g/mol. The normalized spacial score (nSPS) is 12.4. The van der Waals surface area contributed by atoms with Crippen LogP contribution in [0.2, 0.25) is 0 Å². The summed E-state index contributed by atoms with van der Waals surface area (Å²) in [5, 5.41) is 3.20. The molecule has 3 nitrogen and oxygen atoms in total. The Bertz CT molecular complexity index is 1550. The van der Waals surface area contributed by atoms with Gasteiger partial charge in [0.05, 0.1) is 16.4 Å². The number of halogens is 1. The van der Waals surface area contributed by atoms with Gasteiger partial charge in [0.1, 0.15) is 9.20 Å². The van der Waals surface area contributed by atoms with E-state index >= 15 is 0 Å². The molecule has 2 aromatic heterocycles. The molecule has 2 heterocycles. The fraction of sp³-hybridized carbons (Fsp3) is 0.185. The Morgan fingerprint density at radius 2 is 2.03 bits per heavy atom. The molecule has 0 radical (unpaired) electrons. The lowest BCUT2D eigenvalue weighted by atomic mass is 10.2. The van der Waals surface area contributed by atoms with Gasteiger partial charge in [0.2, 0.25) is 0 Å². The van der Waals surface area contributed by atoms with Crippen molar-refractivity contribution in [3.05, 3.63) is 100 Å². The number of hydrogen-bond acceptors (Lipinski definition) is 4. The van der Waals surface area contributed by atoms with E-state index in [1.54, 1.807) is 23.1 Å². The highest BCUT2D eigenvalue weighted by Gasteiger charge is 2.14. The topological polar surface area (TPSA) is 25.9 Å². The van der Waals surface area contributed by atoms with Gasteiger partial charge in [-0.05, 0) is 44.5 Å². The Hall–Kier alpha value is -2.37.